The van der Waals surface area contributed by atoms with Crippen molar-refractivity contribution in [2.75, 3.05) is 6.54 Å². The fourth-order valence-electron chi connectivity index (χ4n) is 2.73. The van der Waals surface area contributed by atoms with E-state index in [9.17, 15) is 4.79 Å². The van der Waals surface area contributed by atoms with Gasteiger partial charge >= 0.3 is 0 Å². The largest absolute Gasteiger partial charge is 0.340 e. The number of hydrogen-bond acceptors (Lipinski definition) is 1. The molecule has 0 radical (unpaired) electrons. The molecule has 1 aliphatic carbocycles. The van der Waals surface area contributed by atoms with Crippen molar-refractivity contribution in [3.05, 3.63) is 0 Å². The van der Waals surface area contributed by atoms with Gasteiger partial charge in [-0.15, -0.1) is 0 Å². The normalized spacial score (nSPS) is 35.4. The molecule has 1 heterocycles. The molecule has 0 aromatic heterocycles. The molecule has 2 rings (SSSR count). The van der Waals surface area contributed by atoms with Crippen molar-refractivity contribution in [1.29, 1.82) is 0 Å². The highest BCUT2D eigenvalue weighted by Gasteiger charge is 2.35. The Morgan fingerprint density at radius 3 is 3.08 bits per heavy atom. The number of fused-ring (bicyclic) bond motifs is 2. The Bertz CT molecular complexity index is 190. The van der Waals surface area contributed by atoms with Crippen LogP contribution in [0.5, 0.6) is 0 Å². The van der Waals surface area contributed by atoms with E-state index in [0.717, 1.165) is 18.9 Å². The second-order valence-corrected chi connectivity index (χ2v) is 4.07. The van der Waals surface area contributed by atoms with Gasteiger partial charge in [0.05, 0.1) is 0 Å². The molecule has 2 bridgehead atoms. The molecule has 68 valence electrons. The zero-order valence-corrected chi connectivity index (χ0v) is 7.75. The van der Waals surface area contributed by atoms with E-state index in [0.29, 0.717) is 11.9 Å². The molecule has 1 saturated carbocycles. The molecule has 2 heteroatoms. The summed E-state index contributed by atoms with van der Waals surface area (Å²) in [5.74, 6) is 1.12. The summed E-state index contributed by atoms with van der Waals surface area (Å²) < 4.78 is 0. The molecule has 2 atom stereocenters. The first kappa shape index (κ1) is 8.09. The van der Waals surface area contributed by atoms with Gasteiger partial charge < -0.3 is 4.90 Å². The van der Waals surface area contributed by atoms with Crippen LogP contribution in [-0.4, -0.2) is 23.4 Å². The van der Waals surface area contributed by atoms with Crippen LogP contribution in [0, 0.1) is 5.92 Å². The van der Waals surface area contributed by atoms with Gasteiger partial charge in [-0.3, -0.25) is 4.79 Å². The van der Waals surface area contributed by atoms with Crippen LogP contribution in [0.15, 0.2) is 0 Å². The highest BCUT2D eigenvalue weighted by atomic mass is 16.2. The van der Waals surface area contributed by atoms with E-state index in [2.05, 4.69) is 11.8 Å². The van der Waals surface area contributed by atoms with Gasteiger partial charge in [-0.05, 0) is 32.1 Å². The molecule has 2 fully saturated rings. The molecule has 0 aromatic rings. The van der Waals surface area contributed by atoms with Crippen molar-refractivity contribution in [3.63, 3.8) is 0 Å². The molecular weight excluding hydrogens is 150 g/mol. The lowest BCUT2D eigenvalue weighted by Gasteiger charge is -2.42. The third-order valence-corrected chi connectivity index (χ3v) is 3.32. The maximum absolute atomic E-state index is 11.6. The molecule has 0 unspecified atom stereocenters. The van der Waals surface area contributed by atoms with Crippen LogP contribution in [0.25, 0.3) is 0 Å². The highest BCUT2D eigenvalue weighted by molar-refractivity contribution is 5.77. The van der Waals surface area contributed by atoms with E-state index in [1.54, 1.807) is 0 Å². The van der Waals surface area contributed by atoms with E-state index < -0.39 is 0 Å². The monoisotopic (exact) mass is 167 g/mol. The summed E-state index contributed by atoms with van der Waals surface area (Å²) in [5.41, 5.74) is 0. The highest BCUT2D eigenvalue weighted by Crippen LogP contribution is 2.34. The molecule has 2 nitrogen and oxygen atoms in total. The minimum absolute atomic E-state index is 0.401. The van der Waals surface area contributed by atoms with Crippen LogP contribution < -0.4 is 0 Å². The second-order valence-electron chi connectivity index (χ2n) is 4.07. The number of rotatable bonds is 1. The van der Waals surface area contributed by atoms with Gasteiger partial charge in [-0.25, -0.2) is 0 Å². The van der Waals surface area contributed by atoms with E-state index in [4.69, 9.17) is 0 Å². The second kappa shape index (κ2) is 3.08. The number of carbonyl (C=O) groups is 1. The van der Waals surface area contributed by atoms with Gasteiger partial charge in [0.25, 0.3) is 0 Å². The third kappa shape index (κ3) is 1.23. The molecular formula is C10H17NO. The Hall–Kier alpha value is -0.530. The summed E-state index contributed by atoms with van der Waals surface area (Å²) in [6.45, 7) is 3.00. The lowest BCUT2D eigenvalue weighted by molar-refractivity contribution is -0.139. The van der Waals surface area contributed by atoms with Crippen molar-refractivity contribution in [1.82, 2.24) is 4.90 Å². The topological polar surface area (TPSA) is 20.3 Å². The fraction of sp³-hybridized carbons (Fsp3) is 0.900. The summed E-state index contributed by atoms with van der Waals surface area (Å²) in [7, 11) is 0. The maximum Gasteiger partial charge on any atom is 0.223 e. The number of amides is 1. The quantitative estimate of drug-likeness (QED) is 0.583. The zero-order valence-electron chi connectivity index (χ0n) is 7.75. The predicted octanol–water partition coefficient (Wildman–Crippen LogP) is 1.80. The van der Waals surface area contributed by atoms with Crippen molar-refractivity contribution < 1.29 is 4.79 Å². The van der Waals surface area contributed by atoms with Gasteiger partial charge in [0.2, 0.25) is 5.91 Å². The van der Waals surface area contributed by atoms with E-state index >= 15 is 0 Å². The smallest absolute Gasteiger partial charge is 0.223 e. The van der Waals surface area contributed by atoms with Crippen LogP contribution in [0.3, 0.4) is 0 Å². The minimum atomic E-state index is 0.401. The van der Waals surface area contributed by atoms with Crippen molar-refractivity contribution in [2.45, 2.75) is 45.1 Å². The Morgan fingerprint density at radius 2 is 2.33 bits per heavy atom. The number of piperidine rings is 1. The Morgan fingerprint density at radius 1 is 1.50 bits per heavy atom. The summed E-state index contributed by atoms with van der Waals surface area (Å²) >= 11 is 0. The van der Waals surface area contributed by atoms with Crippen LogP contribution in [0.2, 0.25) is 0 Å². The number of hydrogen-bond donors (Lipinski definition) is 0. The zero-order chi connectivity index (χ0) is 8.55. The third-order valence-electron chi connectivity index (χ3n) is 3.32. The molecule has 1 aliphatic heterocycles. The average Bonchev–Trinajstić information content (AvgIpc) is 2.04. The number of nitrogens with zero attached hydrogens (tertiary/aromatic N) is 1. The first-order valence-corrected chi connectivity index (χ1v) is 5.10. The SMILES string of the molecule is CCN1C(=O)C[C@@H]2CCC[C@H]1C2. The minimum Gasteiger partial charge on any atom is -0.340 e. The Balaban J connectivity index is 2.10. The summed E-state index contributed by atoms with van der Waals surface area (Å²) in [4.78, 5) is 13.6. The number of carbonyl (C=O) groups excluding carboxylic acids is 1. The molecule has 12 heavy (non-hydrogen) atoms. The molecule has 1 amide bonds. The summed E-state index contributed by atoms with van der Waals surface area (Å²) in [6.07, 6.45) is 5.97. The first-order valence-electron chi connectivity index (χ1n) is 5.10. The lowest BCUT2D eigenvalue weighted by atomic mass is 9.79. The van der Waals surface area contributed by atoms with Crippen LogP contribution in [0.1, 0.15) is 39.0 Å². The van der Waals surface area contributed by atoms with E-state index in [1.165, 1.54) is 25.7 Å². The predicted molar refractivity (Wildman–Crippen MR) is 47.8 cm³/mol. The molecule has 1 saturated heterocycles. The van der Waals surface area contributed by atoms with Crippen molar-refractivity contribution in [2.24, 2.45) is 5.92 Å². The van der Waals surface area contributed by atoms with Crippen molar-refractivity contribution >= 4 is 5.91 Å². The molecule has 0 N–H and O–H groups in total. The fourth-order valence-corrected chi connectivity index (χ4v) is 2.73. The van der Waals surface area contributed by atoms with E-state index in [-0.39, 0.29) is 0 Å². The summed E-state index contributed by atoms with van der Waals surface area (Å²) in [6, 6.07) is 0.593. The van der Waals surface area contributed by atoms with Gasteiger partial charge in [0, 0.05) is 19.0 Å². The van der Waals surface area contributed by atoms with Gasteiger partial charge in [-0.1, -0.05) is 6.42 Å². The van der Waals surface area contributed by atoms with Gasteiger partial charge in [0.1, 0.15) is 0 Å². The average molecular weight is 167 g/mol. The standard InChI is InChI=1S/C10H17NO/c1-2-11-9-5-3-4-8(6-9)7-10(11)12/h8-9H,2-7H2,1H3/t8-,9+/m1/s1. The first-order chi connectivity index (χ1) is 5.81. The molecule has 0 spiro atoms. The van der Waals surface area contributed by atoms with Gasteiger partial charge in [-0.2, -0.15) is 0 Å². The van der Waals surface area contributed by atoms with Crippen LogP contribution in [-0.2, 0) is 4.79 Å². The molecule has 0 aromatic carbocycles. The maximum atomic E-state index is 11.6. The van der Waals surface area contributed by atoms with Crippen LogP contribution in [0.4, 0.5) is 0 Å². The molecule has 2 aliphatic rings. The number of likely N-dealkylation sites (tertiary alicyclic amines) is 1. The Labute approximate surface area is 73.9 Å². The lowest BCUT2D eigenvalue weighted by Crippen LogP contribution is -2.48. The van der Waals surface area contributed by atoms with Gasteiger partial charge in [0.15, 0.2) is 0 Å². The summed E-state index contributed by atoms with van der Waals surface area (Å²) in [5, 5.41) is 0. The Kier molecular flexibility index (Phi) is 2.07. The van der Waals surface area contributed by atoms with Crippen LogP contribution >= 0.6 is 0 Å². The van der Waals surface area contributed by atoms with E-state index in [1.807, 2.05) is 0 Å². The van der Waals surface area contributed by atoms with Crippen molar-refractivity contribution in [3.8, 4) is 0 Å².